The second-order valence-electron chi connectivity index (χ2n) is 4.68. The minimum absolute atomic E-state index is 0.422. The molecule has 4 nitrogen and oxygen atoms in total. The van der Waals surface area contributed by atoms with Crippen molar-refractivity contribution in [3.8, 4) is 0 Å². The molecule has 1 aromatic carbocycles. The molecule has 0 bridgehead atoms. The molecule has 5 heteroatoms. The molecule has 1 aromatic heterocycles. The van der Waals surface area contributed by atoms with Gasteiger partial charge < -0.3 is 15.2 Å². The molecule has 2 heterocycles. The summed E-state index contributed by atoms with van der Waals surface area (Å²) in [5.74, 6) is 0.586. The zero-order chi connectivity index (χ0) is 12.0. The number of hydrogen-bond donors (Lipinski definition) is 1. The van der Waals surface area contributed by atoms with Gasteiger partial charge in [0.2, 0.25) is 5.95 Å². The van der Waals surface area contributed by atoms with Gasteiger partial charge in [-0.3, -0.25) is 0 Å². The molecule has 0 saturated carbocycles. The minimum Gasteiger partial charge on any atom is -0.369 e. The second kappa shape index (κ2) is 3.89. The van der Waals surface area contributed by atoms with Crippen molar-refractivity contribution < 1.29 is 0 Å². The van der Waals surface area contributed by atoms with E-state index in [-0.39, 0.29) is 0 Å². The van der Waals surface area contributed by atoms with Crippen LogP contribution in [0.25, 0.3) is 11.0 Å². The molecule has 2 aromatic rings. The van der Waals surface area contributed by atoms with E-state index in [1.807, 2.05) is 18.2 Å². The Morgan fingerprint density at radius 2 is 2.29 bits per heavy atom. The summed E-state index contributed by atoms with van der Waals surface area (Å²) in [5.41, 5.74) is 7.97. The number of nitrogens with two attached hydrogens (primary N) is 1. The normalized spacial score (nSPS) is 21.4. The predicted octanol–water partition coefficient (Wildman–Crippen LogP) is 2.15. The highest BCUT2D eigenvalue weighted by molar-refractivity contribution is 6.31. The molecule has 0 spiro atoms. The van der Waals surface area contributed by atoms with E-state index in [1.165, 1.54) is 0 Å². The zero-order valence-electron chi connectivity index (χ0n) is 9.73. The second-order valence-corrected chi connectivity index (χ2v) is 5.11. The lowest BCUT2D eigenvalue weighted by molar-refractivity contribution is 0.396. The molecule has 90 valence electrons. The summed E-state index contributed by atoms with van der Waals surface area (Å²) in [6, 6.07) is 6.17. The maximum atomic E-state index is 6.02. The van der Waals surface area contributed by atoms with E-state index in [1.54, 1.807) is 0 Å². The first-order valence-electron chi connectivity index (χ1n) is 5.76. The number of halogens is 1. The molecule has 1 atom stereocenters. The number of hydrogen-bond acceptors (Lipinski definition) is 3. The van der Waals surface area contributed by atoms with Crippen LogP contribution in [0.15, 0.2) is 18.2 Å². The fourth-order valence-electron chi connectivity index (χ4n) is 2.60. The van der Waals surface area contributed by atoms with Gasteiger partial charge in [-0.2, -0.15) is 0 Å². The smallest absolute Gasteiger partial charge is 0.201 e. The van der Waals surface area contributed by atoms with Gasteiger partial charge in [-0.15, -0.1) is 0 Å². The van der Waals surface area contributed by atoms with Crippen LogP contribution >= 0.6 is 11.6 Å². The Morgan fingerprint density at radius 1 is 1.47 bits per heavy atom. The number of benzene rings is 1. The van der Waals surface area contributed by atoms with Crippen molar-refractivity contribution in [1.82, 2.24) is 14.5 Å². The van der Waals surface area contributed by atoms with Crippen LogP contribution in [0.4, 0.5) is 5.95 Å². The molecular weight excluding hydrogens is 236 g/mol. The zero-order valence-corrected chi connectivity index (χ0v) is 10.5. The fraction of sp³-hybridized carbons (Fsp3) is 0.417. The van der Waals surface area contributed by atoms with E-state index in [0.717, 1.165) is 30.5 Å². The average Bonchev–Trinajstić information content (AvgIpc) is 2.80. The summed E-state index contributed by atoms with van der Waals surface area (Å²) in [6.07, 6.45) is 1.12. The Morgan fingerprint density at radius 3 is 3.00 bits per heavy atom. The van der Waals surface area contributed by atoms with Gasteiger partial charge >= 0.3 is 0 Å². The Balaban J connectivity index is 2.12. The SMILES string of the molecule is CN1CCC(n2c(N)nc3cc(Cl)ccc32)C1. The van der Waals surface area contributed by atoms with Crippen molar-refractivity contribution in [2.45, 2.75) is 12.5 Å². The highest BCUT2D eigenvalue weighted by atomic mass is 35.5. The summed E-state index contributed by atoms with van der Waals surface area (Å²) in [5, 5.41) is 0.700. The van der Waals surface area contributed by atoms with E-state index >= 15 is 0 Å². The van der Waals surface area contributed by atoms with Crippen molar-refractivity contribution in [1.29, 1.82) is 0 Å². The lowest BCUT2D eigenvalue weighted by Gasteiger charge is -2.14. The molecule has 3 rings (SSSR count). The third-order valence-corrected chi connectivity index (χ3v) is 3.65. The van der Waals surface area contributed by atoms with Crippen molar-refractivity contribution in [3.63, 3.8) is 0 Å². The van der Waals surface area contributed by atoms with E-state index in [9.17, 15) is 0 Å². The van der Waals surface area contributed by atoms with E-state index in [0.29, 0.717) is 17.0 Å². The largest absolute Gasteiger partial charge is 0.369 e. The highest BCUT2D eigenvalue weighted by Gasteiger charge is 2.24. The molecule has 1 unspecified atom stereocenters. The van der Waals surface area contributed by atoms with Gasteiger partial charge in [0.15, 0.2) is 0 Å². The first-order valence-corrected chi connectivity index (χ1v) is 6.14. The van der Waals surface area contributed by atoms with Crippen molar-refractivity contribution in [2.24, 2.45) is 0 Å². The third kappa shape index (κ3) is 1.77. The average molecular weight is 251 g/mol. The molecule has 0 amide bonds. The number of aromatic nitrogens is 2. The Hall–Kier alpha value is -1.26. The first-order chi connectivity index (χ1) is 8.15. The summed E-state index contributed by atoms with van der Waals surface area (Å²) >= 11 is 5.96. The first kappa shape index (κ1) is 10.9. The standard InChI is InChI=1S/C12H15ClN4/c1-16-5-4-9(7-16)17-11-3-2-8(13)6-10(11)15-12(17)14/h2-3,6,9H,4-5,7H2,1H3,(H2,14,15). The number of nitrogens with zero attached hydrogens (tertiary/aromatic N) is 3. The summed E-state index contributed by atoms with van der Waals surface area (Å²) < 4.78 is 2.13. The third-order valence-electron chi connectivity index (χ3n) is 3.41. The molecule has 1 aliphatic heterocycles. The van der Waals surface area contributed by atoms with Crippen molar-refractivity contribution >= 4 is 28.6 Å². The topological polar surface area (TPSA) is 47.1 Å². The van der Waals surface area contributed by atoms with Crippen LogP contribution in [0.5, 0.6) is 0 Å². The number of likely N-dealkylation sites (tertiary alicyclic amines) is 1. The molecule has 1 fully saturated rings. The van der Waals surface area contributed by atoms with Crippen LogP contribution in [0, 0.1) is 0 Å². The van der Waals surface area contributed by atoms with Crippen LogP contribution < -0.4 is 5.73 Å². The van der Waals surface area contributed by atoms with E-state index in [2.05, 4.69) is 21.5 Å². The maximum Gasteiger partial charge on any atom is 0.201 e. The quantitative estimate of drug-likeness (QED) is 0.844. The van der Waals surface area contributed by atoms with Crippen LogP contribution in [0.1, 0.15) is 12.5 Å². The van der Waals surface area contributed by atoms with Crippen molar-refractivity contribution in [2.75, 3.05) is 25.9 Å². The van der Waals surface area contributed by atoms with Gasteiger partial charge in [-0.05, 0) is 38.2 Å². The number of likely N-dealkylation sites (N-methyl/N-ethyl adjacent to an activating group) is 1. The number of fused-ring (bicyclic) bond motifs is 1. The molecule has 17 heavy (non-hydrogen) atoms. The van der Waals surface area contributed by atoms with Crippen LogP contribution in [0.2, 0.25) is 5.02 Å². The summed E-state index contributed by atoms with van der Waals surface area (Å²) in [4.78, 5) is 6.69. The molecule has 1 aliphatic rings. The Bertz CT molecular complexity index is 563. The van der Waals surface area contributed by atoms with Gasteiger partial charge in [0.1, 0.15) is 0 Å². The van der Waals surface area contributed by atoms with E-state index in [4.69, 9.17) is 17.3 Å². The van der Waals surface area contributed by atoms with Gasteiger partial charge in [0, 0.05) is 11.6 Å². The number of imidazole rings is 1. The monoisotopic (exact) mass is 250 g/mol. The summed E-state index contributed by atoms with van der Waals surface area (Å²) in [6.45, 7) is 2.13. The molecule has 2 N–H and O–H groups in total. The molecule has 0 radical (unpaired) electrons. The summed E-state index contributed by atoms with van der Waals surface area (Å²) in [7, 11) is 2.13. The van der Waals surface area contributed by atoms with Crippen molar-refractivity contribution in [3.05, 3.63) is 23.2 Å². The van der Waals surface area contributed by atoms with Crippen LogP contribution in [0.3, 0.4) is 0 Å². The van der Waals surface area contributed by atoms with E-state index < -0.39 is 0 Å². The van der Waals surface area contributed by atoms with Gasteiger partial charge in [-0.1, -0.05) is 11.6 Å². The molecule has 0 aliphatic carbocycles. The molecular formula is C12H15ClN4. The number of nitrogen functional groups attached to an aromatic ring is 1. The van der Waals surface area contributed by atoms with Crippen LogP contribution in [-0.2, 0) is 0 Å². The molecule has 1 saturated heterocycles. The maximum absolute atomic E-state index is 6.02. The van der Waals surface area contributed by atoms with Gasteiger partial charge in [0.25, 0.3) is 0 Å². The lowest BCUT2D eigenvalue weighted by Crippen LogP contribution is -2.17. The fourth-order valence-corrected chi connectivity index (χ4v) is 2.76. The Labute approximate surface area is 105 Å². The van der Waals surface area contributed by atoms with Crippen LogP contribution in [-0.4, -0.2) is 34.6 Å². The number of anilines is 1. The highest BCUT2D eigenvalue weighted by Crippen LogP contribution is 2.29. The lowest BCUT2D eigenvalue weighted by atomic mass is 10.2. The Kier molecular flexibility index (Phi) is 2.49. The minimum atomic E-state index is 0.422. The van der Waals surface area contributed by atoms with Gasteiger partial charge in [-0.25, -0.2) is 4.98 Å². The van der Waals surface area contributed by atoms with Gasteiger partial charge in [0.05, 0.1) is 17.1 Å². The predicted molar refractivity (Wildman–Crippen MR) is 70.3 cm³/mol. The number of rotatable bonds is 1.